The Morgan fingerprint density at radius 1 is 1.13 bits per heavy atom. The first-order valence-electron chi connectivity index (χ1n) is 13.0. The van der Waals surface area contributed by atoms with Crippen LogP contribution in [0.15, 0.2) is 42.5 Å². The first kappa shape index (κ1) is 25.8. The molecular weight excluding hydrogens is 488 g/mol. The molecule has 8 nitrogen and oxygen atoms in total. The average molecular weight is 522 g/mol. The van der Waals surface area contributed by atoms with Gasteiger partial charge >= 0.3 is 6.03 Å². The molecule has 0 fully saturated rings. The van der Waals surface area contributed by atoms with Crippen molar-refractivity contribution in [2.24, 2.45) is 0 Å². The Balaban J connectivity index is 1.65. The second-order valence-electron chi connectivity index (χ2n) is 9.72. The molecule has 2 aliphatic heterocycles. The topological polar surface area (TPSA) is 89.3 Å². The van der Waals surface area contributed by atoms with Gasteiger partial charge in [0.2, 0.25) is 0 Å². The van der Waals surface area contributed by atoms with Crippen molar-refractivity contribution in [3.63, 3.8) is 0 Å². The minimum atomic E-state index is -2.67. The van der Waals surface area contributed by atoms with Crippen molar-refractivity contribution < 1.29 is 13.6 Å². The maximum atomic E-state index is 14.4. The number of aromatic nitrogens is 2. The first-order valence-corrected chi connectivity index (χ1v) is 13.0. The van der Waals surface area contributed by atoms with E-state index in [1.54, 1.807) is 25.1 Å². The Labute approximate surface area is 221 Å². The maximum Gasteiger partial charge on any atom is 0.317 e. The van der Waals surface area contributed by atoms with Gasteiger partial charge in [0, 0.05) is 62.0 Å². The molecular formula is C28H33F2N7O. The fourth-order valence-electron chi connectivity index (χ4n) is 5.61. The third kappa shape index (κ3) is 4.64. The number of carbonyl (C=O) groups excluding carboxylic acids is 1. The maximum absolute atomic E-state index is 14.4. The number of amides is 2. The Kier molecular flexibility index (Phi) is 7.42. The molecule has 1 unspecified atom stereocenters. The fourth-order valence-corrected chi connectivity index (χ4v) is 5.61. The van der Waals surface area contributed by atoms with E-state index in [4.69, 9.17) is 10.5 Å². The number of likely N-dealkylation sites (N-methyl/N-ethyl adjacent to an activating group) is 1. The highest BCUT2D eigenvalue weighted by Crippen LogP contribution is 2.42. The lowest BCUT2D eigenvalue weighted by Gasteiger charge is -2.34. The lowest BCUT2D eigenvalue weighted by atomic mass is 9.89. The summed E-state index contributed by atoms with van der Waals surface area (Å²) in [5, 5.41) is 18.6. The summed E-state index contributed by atoms with van der Waals surface area (Å²) in [6.07, 6.45) is 0.804. The molecule has 0 radical (unpaired) electrons. The van der Waals surface area contributed by atoms with Crippen LogP contribution in [0.1, 0.15) is 46.7 Å². The number of alkyl halides is 2. The molecule has 1 atom stereocenters. The first-order chi connectivity index (χ1) is 18.5. The Bertz CT molecular complexity index is 1320. The van der Waals surface area contributed by atoms with Gasteiger partial charge in [0.25, 0.3) is 6.43 Å². The number of nitrogens with one attached hydrogen (secondary N) is 3. The Morgan fingerprint density at radius 2 is 1.92 bits per heavy atom. The van der Waals surface area contributed by atoms with E-state index in [1.165, 1.54) is 6.21 Å². The summed E-state index contributed by atoms with van der Waals surface area (Å²) in [5.74, 6) is 0.265. The van der Waals surface area contributed by atoms with Gasteiger partial charge in [0.1, 0.15) is 0 Å². The molecule has 0 saturated heterocycles. The predicted molar refractivity (Wildman–Crippen MR) is 144 cm³/mol. The summed E-state index contributed by atoms with van der Waals surface area (Å²) in [4.78, 5) is 16.3. The second-order valence-corrected chi connectivity index (χ2v) is 9.72. The summed E-state index contributed by atoms with van der Waals surface area (Å²) in [6, 6.07) is 13.1. The zero-order valence-corrected chi connectivity index (χ0v) is 21.7. The normalized spacial score (nSPS) is 15.7. The number of rotatable bonds is 7. The van der Waals surface area contributed by atoms with Gasteiger partial charge in [-0.05, 0) is 49.2 Å². The van der Waals surface area contributed by atoms with Crippen molar-refractivity contribution in [2.75, 3.05) is 38.6 Å². The molecule has 200 valence electrons. The van der Waals surface area contributed by atoms with Gasteiger partial charge in [-0.3, -0.25) is 0 Å². The van der Waals surface area contributed by atoms with Crippen LogP contribution in [0.5, 0.6) is 0 Å². The van der Waals surface area contributed by atoms with Crippen LogP contribution in [-0.4, -0.2) is 60.7 Å². The number of hydrogen-bond acceptors (Lipinski definition) is 5. The third-order valence-corrected chi connectivity index (χ3v) is 7.46. The molecule has 1 aromatic heterocycles. The molecule has 3 N–H and O–H groups in total. The van der Waals surface area contributed by atoms with Crippen LogP contribution in [0.3, 0.4) is 0 Å². The number of fused-ring (bicyclic) bond motifs is 2. The van der Waals surface area contributed by atoms with Gasteiger partial charge in [0.05, 0.1) is 17.9 Å². The van der Waals surface area contributed by atoms with Crippen molar-refractivity contribution in [1.82, 2.24) is 25.3 Å². The van der Waals surface area contributed by atoms with Crippen molar-refractivity contribution in [2.45, 2.75) is 38.2 Å². The largest absolute Gasteiger partial charge is 0.341 e. The summed E-state index contributed by atoms with van der Waals surface area (Å²) >= 11 is 0. The van der Waals surface area contributed by atoms with E-state index in [9.17, 15) is 13.6 Å². The standard InChI is InChI=1S/C28H33F2N7O/c1-32-16-19(15-31)21-13-18-7-6-11-36(25(18)14-22(21)26(29)30)27-23-17-35(28(38)33-2)12-10-24(23)37(34-27)20-8-4-3-5-9-20/h3-5,8-9,13-15,19,26,31-32H,6-7,10-12,16-17H2,1-2H3,(H,33,38). The minimum absolute atomic E-state index is 0.0530. The molecule has 2 amide bonds. The van der Waals surface area contributed by atoms with E-state index >= 15 is 0 Å². The number of benzene rings is 2. The van der Waals surface area contributed by atoms with Crippen LogP contribution in [0.25, 0.3) is 5.69 Å². The number of nitrogens with zero attached hydrogens (tertiary/aromatic N) is 4. The second kappa shape index (κ2) is 10.9. The number of carbonyl (C=O) groups is 1. The summed E-state index contributed by atoms with van der Waals surface area (Å²) in [6.45, 7) is 2.01. The lowest BCUT2D eigenvalue weighted by molar-refractivity contribution is 0.150. The van der Waals surface area contributed by atoms with Gasteiger partial charge in [-0.15, -0.1) is 5.10 Å². The predicted octanol–water partition coefficient (Wildman–Crippen LogP) is 4.54. The molecule has 5 rings (SSSR count). The van der Waals surface area contributed by atoms with E-state index in [-0.39, 0.29) is 11.6 Å². The van der Waals surface area contributed by atoms with Crippen LogP contribution in [0.4, 0.5) is 25.1 Å². The molecule has 38 heavy (non-hydrogen) atoms. The molecule has 3 aromatic rings. The molecule has 0 spiro atoms. The fraction of sp³-hybridized carbons (Fsp3) is 0.393. The number of para-hydroxylation sites is 1. The van der Waals surface area contributed by atoms with Crippen molar-refractivity contribution >= 4 is 23.8 Å². The zero-order chi connectivity index (χ0) is 26.8. The van der Waals surface area contributed by atoms with Gasteiger partial charge in [-0.1, -0.05) is 24.3 Å². The molecule has 2 aromatic carbocycles. The summed E-state index contributed by atoms with van der Waals surface area (Å²) in [7, 11) is 3.37. The highest BCUT2D eigenvalue weighted by Gasteiger charge is 2.33. The smallest absolute Gasteiger partial charge is 0.317 e. The van der Waals surface area contributed by atoms with Crippen LogP contribution < -0.4 is 15.5 Å². The molecule has 0 saturated carbocycles. The van der Waals surface area contributed by atoms with Crippen molar-refractivity contribution in [3.05, 3.63) is 70.4 Å². The minimum Gasteiger partial charge on any atom is -0.341 e. The van der Waals surface area contributed by atoms with Gasteiger partial charge in [-0.25, -0.2) is 18.3 Å². The Hall–Kier alpha value is -3.79. The zero-order valence-electron chi connectivity index (χ0n) is 21.7. The molecule has 0 aliphatic carbocycles. The van der Waals surface area contributed by atoms with E-state index < -0.39 is 12.3 Å². The van der Waals surface area contributed by atoms with Gasteiger partial charge in [0.15, 0.2) is 5.82 Å². The van der Waals surface area contributed by atoms with Gasteiger partial charge < -0.3 is 25.8 Å². The van der Waals surface area contributed by atoms with E-state index in [1.807, 2.05) is 46.0 Å². The molecule has 2 aliphatic rings. The number of halogens is 2. The van der Waals surface area contributed by atoms with Crippen LogP contribution in [0.2, 0.25) is 0 Å². The molecule has 10 heteroatoms. The van der Waals surface area contributed by atoms with Crippen molar-refractivity contribution in [3.8, 4) is 5.69 Å². The summed E-state index contributed by atoms with van der Waals surface area (Å²) < 4.78 is 30.6. The average Bonchev–Trinajstić information content (AvgIpc) is 3.33. The van der Waals surface area contributed by atoms with E-state index in [2.05, 4.69) is 10.6 Å². The van der Waals surface area contributed by atoms with Crippen LogP contribution in [0, 0.1) is 5.41 Å². The van der Waals surface area contributed by atoms with E-state index in [0.29, 0.717) is 44.0 Å². The third-order valence-electron chi connectivity index (χ3n) is 7.46. The van der Waals surface area contributed by atoms with Gasteiger partial charge in [-0.2, -0.15) is 0 Å². The number of anilines is 2. The van der Waals surface area contributed by atoms with Crippen LogP contribution >= 0.6 is 0 Å². The number of hydrogen-bond donors (Lipinski definition) is 3. The number of urea groups is 1. The Morgan fingerprint density at radius 3 is 2.61 bits per heavy atom. The number of aryl methyl sites for hydroxylation is 1. The quantitative estimate of drug-likeness (QED) is 0.398. The monoisotopic (exact) mass is 521 g/mol. The van der Waals surface area contributed by atoms with Crippen molar-refractivity contribution in [1.29, 1.82) is 5.41 Å². The molecule has 3 heterocycles. The highest BCUT2D eigenvalue weighted by molar-refractivity contribution is 5.76. The molecule has 0 bridgehead atoms. The lowest BCUT2D eigenvalue weighted by Crippen LogP contribution is -2.41. The van der Waals surface area contributed by atoms with Crippen LogP contribution in [-0.2, 0) is 19.4 Å². The SMILES string of the molecule is CNCC(C=N)c1cc2c(cc1C(F)F)N(c1nn(-c3ccccc3)c3c1CN(C(=O)NC)CC3)CCC2. The summed E-state index contributed by atoms with van der Waals surface area (Å²) in [5.41, 5.74) is 5.02. The van der Waals surface area contributed by atoms with E-state index in [0.717, 1.165) is 41.0 Å². The highest BCUT2D eigenvalue weighted by atomic mass is 19.3.